The van der Waals surface area contributed by atoms with Crippen molar-refractivity contribution in [3.05, 3.63) is 18.2 Å². The maximum absolute atomic E-state index is 11.8. The lowest BCUT2D eigenvalue weighted by atomic mass is 10.4. The van der Waals surface area contributed by atoms with Gasteiger partial charge in [-0.2, -0.15) is 0 Å². The molecular formula is C10H15N3O2. The highest BCUT2D eigenvalue weighted by atomic mass is 16.3. The molecule has 0 unspecified atom stereocenters. The van der Waals surface area contributed by atoms with E-state index in [0.717, 1.165) is 12.8 Å². The van der Waals surface area contributed by atoms with Crippen molar-refractivity contribution >= 4 is 5.91 Å². The molecule has 1 fully saturated rings. The Kier molecular flexibility index (Phi) is 2.73. The van der Waals surface area contributed by atoms with Crippen molar-refractivity contribution < 1.29 is 9.90 Å². The van der Waals surface area contributed by atoms with E-state index in [2.05, 4.69) is 4.98 Å². The van der Waals surface area contributed by atoms with Crippen molar-refractivity contribution in [2.24, 2.45) is 0 Å². The second-order valence-electron chi connectivity index (χ2n) is 3.87. The van der Waals surface area contributed by atoms with Crippen molar-refractivity contribution in [3.63, 3.8) is 0 Å². The van der Waals surface area contributed by atoms with Crippen molar-refractivity contribution in [1.82, 2.24) is 14.5 Å². The normalized spacial score (nSPS) is 15.3. The van der Waals surface area contributed by atoms with Crippen LogP contribution in [0.15, 0.2) is 12.4 Å². The van der Waals surface area contributed by atoms with Crippen LogP contribution in [-0.2, 0) is 17.9 Å². The predicted molar refractivity (Wildman–Crippen MR) is 53.9 cm³/mol. The molecule has 5 nitrogen and oxygen atoms in total. The number of carbonyl (C=O) groups excluding carboxylic acids is 1. The molecule has 15 heavy (non-hydrogen) atoms. The van der Waals surface area contributed by atoms with Gasteiger partial charge in [-0.25, -0.2) is 4.98 Å². The number of aromatic nitrogens is 2. The second kappa shape index (κ2) is 4.02. The van der Waals surface area contributed by atoms with Crippen LogP contribution in [0.4, 0.5) is 0 Å². The van der Waals surface area contributed by atoms with E-state index in [9.17, 15) is 4.79 Å². The molecule has 1 saturated carbocycles. The smallest absolute Gasteiger partial charge is 0.242 e. The number of hydrogen-bond acceptors (Lipinski definition) is 3. The lowest BCUT2D eigenvalue weighted by Crippen LogP contribution is -2.32. The molecule has 0 bridgehead atoms. The quantitative estimate of drug-likeness (QED) is 0.759. The Hall–Kier alpha value is -1.36. The van der Waals surface area contributed by atoms with Gasteiger partial charge < -0.3 is 14.6 Å². The lowest BCUT2D eigenvalue weighted by molar-refractivity contribution is -0.131. The van der Waals surface area contributed by atoms with Gasteiger partial charge >= 0.3 is 0 Å². The van der Waals surface area contributed by atoms with Crippen LogP contribution in [0.2, 0.25) is 0 Å². The van der Waals surface area contributed by atoms with Crippen molar-refractivity contribution in [1.29, 1.82) is 0 Å². The average Bonchev–Trinajstić information content (AvgIpc) is 2.99. The van der Waals surface area contributed by atoms with E-state index in [1.807, 2.05) is 7.05 Å². The summed E-state index contributed by atoms with van der Waals surface area (Å²) in [7, 11) is 1.83. The summed E-state index contributed by atoms with van der Waals surface area (Å²) in [6, 6.07) is 0.429. The van der Waals surface area contributed by atoms with Gasteiger partial charge in [0.25, 0.3) is 0 Å². The minimum atomic E-state index is -0.132. The van der Waals surface area contributed by atoms with Gasteiger partial charge in [0.05, 0.1) is 0 Å². The molecule has 0 aromatic carbocycles. The van der Waals surface area contributed by atoms with Crippen LogP contribution in [0.3, 0.4) is 0 Å². The highest BCUT2D eigenvalue weighted by molar-refractivity contribution is 5.76. The number of rotatable bonds is 4. The fourth-order valence-corrected chi connectivity index (χ4v) is 1.56. The molecule has 0 aliphatic heterocycles. The van der Waals surface area contributed by atoms with E-state index in [0.29, 0.717) is 11.9 Å². The topological polar surface area (TPSA) is 58.4 Å². The van der Waals surface area contributed by atoms with Crippen molar-refractivity contribution in [3.8, 4) is 0 Å². The summed E-state index contributed by atoms with van der Waals surface area (Å²) in [6.07, 6.45) is 5.53. The summed E-state index contributed by atoms with van der Waals surface area (Å²) >= 11 is 0. The molecule has 1 aliphatic carbocycles. The van der Waals surface area contributed by atoms with Gasteiger partial charge in [0.2, 0.25) is 5.91 Å². The third kappa shape index (κ3) is 2.18. The van der Waals surface area contributed by atoms with Gasteiger partial charge in [-0.1, -0.05) is 0 Å². The van der Waals surface area contributed by atoms with E-state index < -0.39 is 0 Å². The van der Waals surface area contributed by atoms with Crippen LogP contribution in [-0.4, -0.2) is 38.6 Å². The molecule has 0 saturated heterocycles. The zero-order valence-corrected chi connectivity index (χ0v) is 8.76. The highest BCUT2D eigenvalue weighted by Crippen LogP contribution is 2.25. The van der Waals surface area contributed by atoms with Crippen molar-refractivity contribution in [2.75, 3.05) is 7.05 Å². The first-order valence-corrected chi connectivity index (χ1v) is 5.09. The van der Waals surface area contributed by atoms with Gasteiger partial charge in [-0.3, -0.25) is 4.79 Å². The van der Waals surface area contributed by atoms with Crippen LogP contribution in [0.25, 0.3) is 0 Å². The van der Waals surface area contributed by atoms with E-state index in [1.54, 1.807) is 21.9 Å². The molecule has 1 amide bonds. The number of amides is 1. The fraction of sp³-hybridized carbons (Fsp3) is 0.600. The molecule has 1 aromatic rings. The number of nitrogens with zero attached hydrogens (tertiary/aromatic N) is 3. The second-order valence-corrected chi connectivity index (χ2v) is 3.87. The maximum atomic E-state index is 11.8. The third-order valence-electron chi connectivity index (χ3n) is 2.74. The van der Waals surface area contributed by atoms with Gasteiger partial charge in [0.1, 0.15) is 19.0 Å². The molecule has 2 rings (SSSR count). The van der Waals surface area contributed by atoms with E-state index in [-0.39, 0.29) is 19.1 Å². The monoisotopic (exact) mass is 209 g/mol. The molecule has 0 spiro atoms. The van der Waals surface area contributed by atoms with E-state index in [4.69, 9.17) is 5.11 Å². The largest absolute Gasteiger partial charge is 0.388 e. The van der Waals surface area contributed by atoms with Crippen LogP contribution in [0, 0.1) is 0 Å². The highest BCUT2D eigenvalue weighted by Gasteiger charge is 2.29. The molecule has 1 aromatic heterocycles. The maximum Gasteiger partial charge on any atom is 0.242 e. The standard InChI is InChI=1S/C10H15N3O2/c1-12(8-2-3-8)10(15)6-13-5-4-11-9(13)7-14/h4-5,8,14H,2-3,6-7H2,1H3. The number of carbonyl (C=O) groups is 1. The van der Waals surface area contributed by atoms with E-state index >= 15 is 0 Å². The Morgan fingerprint density at radius 2 is 2.47 bits per heavy atom. The Bertz CT molecular complexity index is 357. The first-order valence-electron chi connectivity index (χ1n) is 5.09. The van der Waals surface area contributed by atoms with E-state index in [1.165, 1.54) is 0 Å². The first kappa shape index (κ1) is 10.2. The molecule has 5 heteroatoms. The number of hydrogen-bond donors (Lipinski definition) is 1. The number of aliphatic hydroxyl groups excluding tert-OH is 1. The summed E-state index contributed by atoms with van der Waals surface area (Å²) in [5, 5.41) is 8.97. The van der Waals surface area contributed by atoms with Crippen LogP contribution >= 0.6 is 0 Å². The summed E-state index contributed by atoms with van der Waals surface area (Å²) in [5.74, 6) is 0.609. The molecular weight excluding hydrogens is 194 g/mol. The molecule has 82 valence electrons. The number of aliphatic hydroxyl groups is 1. The lowest BCUT2D eigenvalue weighted by Gasteiger charge is -2.16. The first-order chi connectivity index (χ1) is 7.22. The predicted octanol–water partition coefficient (Wildman–Crippen LogP) is -0.00380. The Morgan fingerprint density at radius 1 is 1.73 bits per heavy atom. The summed E-state index contributed by atoms with van der Waals surface area (Å²) in [4.78, 5) is 17.5. The molecule has 1 heterocycles. The van der Waals surface area contributed by atoms with Crippen LogP contribution in [0.1, 0.15) is 18.7 Å². The fourth-order valence-electron chi connectivity index (χ4n) is 1.56. The molecule has 0 atom stereocenters. The van der Waals surface area contributed by atoms with Gasteiger partial charge in [-0.15, -0.1) is 0 Å². The molecule has 0 radical (unpaired) electrons. The number of imidazole rings is 1. The molecule has 1 N–H and O–H groups in total. The SMILES string of the molecule is CN(C(=O)Cn1ccnc1CO)C1CC1. The minimum absolute atomic E-state index is 0.0743. The van der Waals surface area contributed by atoms with Gasteiger partial charge in [0.15, 0.2) is 0 Å². The summed E-state index contributed by atoms with van der Waals surface area (Å²) in [6.45, 7) is 0.135. The van der Waals surface area contributed by atoms with Gasteiger partial charge in [-0.05, 0) is 12.8 Å². The van der Waals surface area contributed by atoms with Crippen molar-refractivity contribution in [2.45, 2.75) is 32.0 Å². The number of likely N-dealkylation sites (N-methyl/N-ethyl adjacent to an activating group) is 1. The van der Waals surface area contributed by atoms with Gasteiger partial charge in [0, 0.05) is 25.5 Å². The average molecular weight is 209 g/mol. The summed E-state index contributed by atoms with van der Waals surface area (Å²) in [5.41, 5.74) is 0. The third-order valence-corrected chi connectivity index (χ3v) is 2.74. The zero-order chi connectivity index (χ0) is 10.8. The molecule has 1 aliphatic rings. The minimum Gasteiger partial charge on any atom is -0.388 e. The Morgan fingerprint density at radius 3 is 3.07 bits per heavy atom. The summed E-state index contributed by atoms with van der Waals surface area (Å²) < 4.78 is 1.68. The Labute approximate surface area is 88.3 Å². The van der Waals surface area contributed by atoms with Crippen LogP contribution in [0.5, 0.6) is 0 Å². The Balaban J connectivity index is 1.98. The van der Waals surface area contributed by atoms with Crippen LogP contribution < -0.4 is 0 Å². The zero-order valence-electron chi connectivity index (χ0n) is 8.76.